The molecule has 108 valence electrons. The van der Waals surface area contributed by atoms with Crippen LogP contribution < -0.4 is 10.5 Å². The number of nitrogens with one attached hydrogen (secondary N) is 1. The Balaban J connectivity index is 2.33. The predicted octanol–water partition coefficient (Wildman–Crippen LogP) is 2.61. The van der Waals surface area contributed by atoms with E-state index >= 15 is 0 Å². The van der Waals surface area contributed by atoms with Gasteiger partial charge >= 0.3 is 0 Å². The summed E-state index contributed by atoms with van der Waals surface area (Å²) in [5.41, 5.74) is 6.31. The highest BCUT2D eigenvalue weighted by atomic mass is 79.9. The molecule has 2 rings (SSSR count). The molecule has 0 atom stereocenters. The number of nitrogen functional groups attached to an aromatic ring is 1. The van der Waals surface area contributed by atoms with E-state index in [0.29, 0.717) is 10.2 Å². The van der Waals surface area contributed by atoms with Crippen LogP contribution in [0.25, 0.3) is 0 Å². The van der Waals surface area contributed by atoms with E-state index in [1.165, 1.54) is 18.3 Å². The van der Waals surface area contributed by atoms with Gasteiger partial charge in [-0.3, -0.25) is 9.40 Å². The van der Waals surface area contributed by atoms with Crippen molar-refractivity contribution in [3.8, 4) is 0 Å². The third-order valence-corrected chi connectivity index (χ3v) is 4.58. The number of rotatable bonds is 4. The molecule has 0 unspecified atom stereocenters. The molecule has 0 spiro atoms. The van der Waals surface area contributed by atoms with Gasteiger partial charge in [-0.1, -0.05) is 15.9 Å². The lowest BCUT2D eigenvalue weighted by atomic mass is 10.3. The Hall–Kier alpha value is -1.54. The molecule has 8 heteroatoms. The first-order valence-corrected chi connectivity index (χ1v) is 8.19. The number of anilines is 2. The zero-order chi connectivity index (χ0) is 14.9. The van der Waals surface area contributed by atoms with Gasteiger partial charge in [-0.15, -0.1) is 0 Å². The second-order valence-electron chi connectivity index (χ2n) is 4.59. The highest BCUT2D eigenvalue weighted by Crippen LogP contribution is 2.25. The van der Waals surface area contributed by atoms with Crippen molar-refractivity contribution in [2.24, 2.45) is 0 Å². The molecule has 3 N–H and O–H groups in total. The van der Waals surface area contributed by atoms with Crippen molar-refractivity contribution >= 4 is 37.3 Å². The molecule has 1 heterocycles. The Morgan fingerprint density at radius 3 is 2.70 bits per heavy atom. The summed E-state index contributed by atoms with van der Waals surface area (Å²) >= 11 is 3.23. The minimum absolute atomic E-state index is 0.0316. The Bertz CT molecular complexity index is 725. The van der Waals surface area contributed by atoms with E-state index < -0.39 is 10.0 Å². The molecule has 1 aromatic carbocycles. The van der Waals surface area contributed by atoms with Crippen LogP contribution in [0.1, 0.15) is 19.9 Å². The molecule has 0 aliphatic heterocycles. The van der Waals surface area contributed by atoms with Gasteiger partial charge in [-0.05, 0) is 32.0 Å². The zero-order valence-corrected chi connectivity index (χ0v) is 13.4. The van der Waals surface area contributed by atoms with Crippen LogP contribution in [0, 0.1) is 0 Å². The molecule has 6 nitrogen and oxygen atoms in total. The maximum Gasteiger partial charge on any atom is 0.264 e. The molecule has 0 radical (unpaired) electrons. The first kappa shape index (κ1) is 14.9. The van der Waals surface area contributed by atoms with E-state index in [1.807, 2.05) is 13.8 Å². The van der Waals surface area contributed by atoms with Crippen LogP contribution in [0.2, 0.25) is 0 Å². The van der Waals surface area contributed by atoms with E-state index in [4.69, 9.17) is 5.73 Å². The maximum absolute atomic E-state index is 12.3. The van der Waals surface area contributed by atoms with Crippen LogP contribution in [0.5, 0.6) is 0 Å². The highest BCUT2D eigenvalue weighted by Gasteiger charge is 2.19. The van der Waals surface area contributed by atoms with Gasteiger partial charge in [0.2, 0.25) is 0 Å². The second-order valence-corrected chi connectivity index (χ2v) is 7.16. The number of aromatic nitrogens is 2. The fourth-order valence-corrected chi connectivity index (χ4v) is 3.32. The third kappa shape index (κ3) is 3.13. The van der Waals surface area contributed by atoms with Crippen LogP contribution in [0.3, 0.4) is 0 Å². The summed E-state index contributed by atoms with van der Waals surface area (Å²) in [7, 11) is -3.74. The van der Waals surface area contributed by atoms with E-state index in [0.717, 1.165) is 0 Å². The van der Waals surface area contributed by atoms with E-state index in [1.54, 1.807) is 16.9 Å². The van der Waals surface area contributed by atoms with Crippen LogP contribution >= 0.6 is 15.9 Å². The number of hydrogen-bond donors (Lipinski definition) is 2. The number of benzene rings is 1. The van der Waals surface area contributed by atoms with Gasteiger partial charge in [0.15, 0.2) is 0 Å². The van der Waals surface area contributed by atoms with Crippen molar-refractivity contribution < 1.29 is 8.42 Å². The first-order valence-electron chi connectivity index (χ1n) is 5.91. The molecular weight excluding hydrogens is 344 g/mol. The van der Waals surface area contributed by atoms with Crippen molar-refractivity contribution in [2.45, 2.75) is 24.8 Å². The number of nitrogens with two attached hydrogens (primary N) is 1. The minimum atomic E-state index is -3.74. The molecule has 0 aliphatic carbocycles. The van der Waals surface area contributed by atoms with Crippen molar-refractivity contribution in [1.29, 1.82) is 0 Å². The molecule has 1 aromatic heterocycles. The molecule has 0 saturated heterocycles. The summed E-state index contributed by atoms with van der Waals surface area (Å²) in [6.07, 6.45) is 3.10. The van der Waals surface area contributed by atoms with Gasteiger partial charge < -0.3 is 5.73 Å². The van der Waals surface area contributed by atoms with Crippen molar-refractivity contribution in [2.75, 3.05) is 10.5 Å². The number of halogens is 1. The van der Waals surface area contributed by atoms with E-state index in [2.05, 4.69) is 25.8 Å². The first-order chi connectivity index (χ1) is 9.29. The van der Waals surface area contributed by atoms with Crippen LogP contribution in [-0.2, 0) is 10.0 Å². The molecule has 0 aliphatic rings. The SMILES string of the molecule is CC(C)n1cc(NS(=O)(=O)c2cc(Br)ccc2N)cn1. The highest BCUT2D eigenvalue weighted by molar-refractivity contribution is 9.10. The van der Waals surface area contributed by atoms with Crippen molar-refractivity contribution in [3.05, 3.63) is 35.1 Å². The zero-order valence-electron chi connectivity index (χ0n) is 11.0. The number of nitrogens with zero attached hydrogens (tertiary/aromatic N) is 2. The standard InChI is InChI=1S/C12H15BrN4O2S/c1-8(2)17-7-10(6-15-17)16-20(18,19)12-5-9(13)3-4-11(12)14/h3-8,16H,14H2,1-2H3. The predicted molar refractivity (Wildman–Crippen MR) is 82.0 cm³/mol. The smallest absolute Gasteiger partial charge is 0.264 e. The lowest BCUT2D eigenvalue weighted by Crippen LogP contribution is -2.14. The topological polar surface area (TPSA) is 90.0 Å². The lowest BCUT2D eigenvalue weighted by molar-refractivity contribution is 0.532. The van der Waals surface area contributed by atoms with Gasteiger partial charge in [0, 0.05) is 16.7 Å². The maximum atomic E-state index is 12.3. The lowest BCUT2D eigenvalue weighted by Gasteiger charge is -2.09. The Kier molecular flexibility index (Phi) is 4.05. The Morgan fingerprint density at radius 2 is 2.10 bits per heavy atom. The summed E-state index contributed by atoms with van der Waals surface area (Å²) in [4.78, 5) is 0.0316. The quantitative estimate of drug-likeness (QED) is 0.821. The fraction of sp³-hybridized carbons (Fsp3) is 0.250. The van der Waals surface area contributed by atoms with Crippen LogP contribution in [-0.4, -0.2) is 18.2 Å². The molecule has 0 saturated carbocycles. The van der Waals surface area contributed by atoms with Gasteiger partial charge in [-0.2, -0.15) is 5.10 Å². The average molecular weight is 359 g/mol. The fourth-order valence-electron chi connectivity index (χ4n) is 1.62. The van der Waals surface area contributed by atoms with Crippen molar-refractivity contribution in [1.82, 2.24) is 9.78 Å². The Morgan fingerprint density at radius 1 is 1.40 bits per heavy atom. The normalized spacial score (nSPS) is 11.8. The van der Waals surface area contributed by atoms with E-state index in [-0.39, 0.29) is 16.6 Å². The number of hydrogen-bond acceptors (Lipinski definition) is 4. The number of sulfonamides is 1. The van der Waals surface area contributed by atoms with Crippen molar-refractivity contribution in [3.63, 3.8) is 0 Å². The average Bonchev–Trinajstić information content (AvgIpc) is 2.80. The van der Waals surface area contributed by atoms with Gasteiger partial charge in [0.25, 0.3) is 10.0 Å². The molecular formula is C12H15BrN4O2S. The molecule has 0 bridgehead atoms. The van der Waals surface area contributed by atoms with Crippen LogP contribution in [0.4, 0.5) is 11.4 Å². The summed E-state index contributed by atoms with van der Waals surface area (Å²) in [5, 5.41) is 4.08. The summed E-state index contributed by atoms with van der Waals surface area (Å²) in [6.45, 7) is 3.91. The largest absolute Gasteiger partial charge is 0.398 e. The minimum Gasteiger partial charge on any atom is -0.398 e. The van der Waals surface area contributed by atoms with Crippen LogP contribution in [0.15, 0.2) is 40.0 Å². The summed E-state index contributed by atoms with van der Waals surface area (Å²) < 4.78 is 29.4. The third-order valence-electron chi connectivity index (χ3n) is 2.65. The molecule has 0 fully saturated rings. The molecule has 0 amide bonds. The van der Waals surface area contributed by atoms with Gasteiger partial charge in [0.05, 0.1) is 17.6 Å². The summed E-state index contributed by atoms with van der Waals surface area (Å²) in [5.74, 6) is 0. The Labute approximate surface area is 126 Å². The summed E-state index contributed by atoms with van der Waals surface area (Å²) in [6, 6.07) is 4.84. The molecule has 20 heavy (non-hydrogen) atoms. The monoisotopic (exact) mass is 358 g/mol. The van der Waals surface area contributed by atoms with Gasteiger partial charge in [0.1, 0.15) is 4.90 Å². The van der Waals surface area contributed by atoms with Gasteiger partial charge in [-0.25, -0.2) is 8.42 Å². The second kappa shape index (κ2) is 5.45. The van der Waals surface area contributed by atoms with E-state index in [9.17, 15) is 8.42 Å². The molecule has 2 aromatic rings.